The summed E-state index contributed by atoms with van der Waals surface area (Å²) in [5.41, 5.74) is 3.50. The maximum atomic E-state index is 12.3. The summed E-state index contributed by atoms with van der Waals surface area (Å²) in [5.74, 6) is 0.766. The van der Waals surface area contributed by atoms with Gasteiger partial charge in [-0.15, -0.1) is 10.2 Å². The Morgan fingerprint density at radius 3 is 2.52 bits per heavy atom. The summed E-state index contributed by atoms with van der Waals surface area (Å²) in [4.78, 5) is 13.1. The van der Waals surface area contributed by atoms with Crippen LogP contribution in [0.3, 0.4) is 0 Å². The van der Waals surface area contributed by atoms with E-state index < -0.39 is 0 Å². The fraction of sp³-hybridized carbons (Fsp3) is 0.200. The number of nitrogens with one attached hydrogen (secondary N) is 1. The summed E-state index contributed by atoms with van der Waals surface area (Å²) in [6.45, 7) is 4.11. The van der Waals surface area contributed by atoms with Gasteiger partial charge in [-0.3, -0.25) is 4.79 Å². The molecule has 0 atom stereocenters. The first-order chi connectivity index (χ1) is 13.1. The number of aryl methyl sites for hydroxylation is 2. The molecule has 0 aliphatic heterocycles. The molecule has 6 nitrogen and oxygen atoms in total. The molecule has 4 rings (SSSR count). The number of hydrogen-bond donors (Lipinski definition) is 1. The maximum Gasteiger partial charge on any atom is 0.255 e. The number of carbonyl (C=O) groups excluding carboxylic acids is 1. The highest BCUT2D eigenvalue weighted by molar-refractivity contribution is 7.19. The molecule has 0 radical (unpaired) electrons. The molecule has 4 aromatic rings. The van der Waals surface area contributed by atoms with Crippen molar-refractivity contribution >= 4 is 27.9 Å². The Morgan fingerprint density at radius 1 is 1.07 bits per heavy atom. The Kier molecular flexibility index (Phi) is 4.68. The lowest BCUT2D eigenvalue weighted by Crippen LogP contribution is -2.11. The molecule has 0 unspecified atom stereocenters. The second-order valence-electron chi connectivity index (χ2n) is 6.37. The summed E-state index contributed by atoms with van der Waals surface area (Å²) in [7, 11) is 0. The van der Waals surface area contributed by atoms with E-state index in [-0.39, 0.29) is 5.91 Å². The van der Waals surface area contributed by atoms with Gasteiger partial charge in [-0.2, -0.15) is 9.61 Å². The molecular formula is C20H19N5OS. The number of rotatable bonds is 5. The highest BCUT2D eigenvalue weighted by Gasteiger charge is 2.12. The van der Waals surface area contributed by atoms with Gasteiger partial charge in [0.1, 0.15) is 5.01 Å². The Balaban J connectivity index is 1.51. The van der Waals surface area contributed by atoms with E-state index in [1.807, 2.05) is 60.0 Å². The minimum absolute atomic E-state index is 0.120. The van der Waals surface area contributed by atoms with Crippen molar-refractivity contribution in [3.63, 3.8) is 0 Å². The predicted octanol–water partition coefficient (Wildman–Crippen LogP) is 4.37. The van der Waals surface area contributed by atoms with Gasteiger partial charge in [-0.25, -0.2) is 0 Å². The third-order valence-electron chi connectivity index (χ3n) is 4.23. The number of carbonyl (C=O) groups is 1. The Hall–Kier alpha value is -3.06. The number of anilines is 1. The van der Waals surface area contributed by atoms with Gasteiger partial charge in [0.2, 0.25) is 4.96 Å². The summed E-state index contributed by atoms with van der Waals surface area (Å²) in [6, 6.07) is 15.2. The van der Waals surface area contributed by atoms with E-state index in [2.05, 4.69) is 27.5 Å². The van der Waals surface area contributed by atoms with E-state index in [1.165, 1.54) is 11.3 Å². The average molecular weight is 377 g/mol. The number of nitrogens with zero attached hydrogens (tertiary/aromatic N) is 4. The van der Waals surface area contributed by atoms with Crippen molar-refractivity contribution in [1.29, 1.82) is 0 Å². The number of benzene rings is 2. The summed E-state index contributed by atoms with van der Waals surface area (Å²) >= 11 is 1.51. The lowest BCUT2D eigenvalue weighted by Gasteiger charge is -2.06. The maximum absolute atomic E-state index is 12.3. The van der Waals surface area contributed by atoms with Crippen LogP contribution in [0.1, 0.15) is 35.1 Å². The highest BCUT2D eigenvalue weighted by Crippen LogP contribution is 2.27. The molecule has 27 heavy (non-hydrogen) atoms. The van der Waals surface area contributed by atoms with Gasteiger partial charge in [0.15, 0.2) is 5.82 Å². The highest BCUT2D eigenvalue weighted by atomic mass is 32.1. The van der Waals surface area contributed by atoms with Crippen LogP contribution < -0.4 is 5.32 Å². The number of aromatic nitrogens is 4. The van der Waals surface area contributed by atoms with Crippen molar-refractivity contribution in [2.75, 3.05) is 5.32 Å². The van der Waals surface area contributed by atoms with Crippen molar-refractivity contribution in [2.45, 2.75) is 26.7 Å². The summed E-state index contributed by atoms with van der Waals surface area (Å²) in [6.07, 6.45) is 1.86. The van der Waals surface area contributed by atoms with E-state index in [0.29, 0.717) is 5.56 Å². The van der Waals surface area contributed by atoms with Gasteiger partial charge in [0.05, 0.1) is 0 Å². The van der Waals surface area contributed by atoms with Crippen molar-refractivity contribution in [1.82, 2.24) is 19.8 Å². The molecule has 0 fully saturated rings. The lowest BCUT2D eigenvalue weighted by molar-refractivity contribution is 0.102. The minimum Gasteiger partial charge on any atom is -0.322 e. The summed E-state index contributed by atoms with van der Waals surface area (Å²) < 4.78 is 1.82. The fourth-order valence-corrected chi connectivity index (χ4v) is 3.62. The van der Waals surface area contributed by atoms with E-state index in [9.17, 15) is 4.79 Å². The van der Waals surface area contributed by atoms with Crippen molar-refractivity contribution < 1.29 is 4.79 Å². The Bertz CT molecular complexity index is 1080. The van der Waals surface area contributed by atoms with Gasteiger partial charge >= 0.3 is 0 Å². The standard InChI is InChI=1S/C20H19N5OS/c1-3-4-17-22-23-20-25(17)24-19(27-20)15-9-11-16(12-10-15)21-18(26)14-7-5-13(2)6-8-14/h5-12H,3-4H2,1-2H3,(H,21,26). The zero-order chi connectivity index (χ0) is 18.8. The van der Waals surface area contributed by atoms with Gasteiger partial charge in [-0.05, 0) is 49.7 Å². The van der Waals surface area contributed by atoms with Crippen LogP contribution in [0.2, 0.25) is 0 Å². The molecule has 0 aliphatic carbocycles. The summed E-state index contributed by atoms with van der Waals surface area (Å²) in [5, 5.41) is 16.8. The molecule has 7 heteroatoms. The topological polar surface area (TPSA) is 72.2 Å². The van der Waals surface area contributed by atoms with Gasteiger partial charge in [0, 0.05) is 23.2 Å². The molecule has 0 saturated heterocycles. The molecule has 0 saturated carbocycles. The largest absolute Gasteiger partial charge is 0.322 e. The Morgan fingerprint density at radius 2 is 1.81 bits per heavy atom. The van der Waals surface area contributed by atoms with Crippen LogP contribution >= 0.6 is 11.3 Å². The fourth-order valence-electron chi connectivity index (χ4n) is 2.76. The van der Waals surface area contributed by atoms with Gasteiger partial charge in [0.25, 0.3) is 5.91 Å². The van der Waals surface area contributed by atoms with E-state index in [1.54, 1.807) is 0 Å². The second kappa shape index (κ2) is 7.28. The van der Waals surface area contributed by atoms with Crippen molar-refractivity contribution in [2.24, 2.45) is 0 Å². The zero-order valence-corrected chi connectivity index (χ0v) is 16.0. The molecule has 2 aromatic heterocycles. The number of amides is 1. The SMILES string of the molecule is CCCc1nnc2sc(-c3ccc(NC(=O)c4ccc(C)cc4)cc3)nn12. The smallest absolute Gasteiger partial charge is 0.255 e. The third kappa shape index (κ3) is 3.59. The Labute approximate surface area is 160 Å². The van der Waals surface area contributed by atoms with Gasteiger partial charge in [-0.1, -0.05) is 36.0 Å². The number of hydrogen-bond acceptors (Lipinski definition) is 5. The molecule has 0 spiro atoms. The van der Waals surface area contributed by atoms with Gasteiger partial charge < -0.3 is 5.32 Å². The minimum atomic E-state index is -0.120. The van der Waals surface area contributed by atoms with E-state index in [4.69, 9.17) is 0 Å². The molecular weight excluding hydrogens is 358 g/mol. The average Bonchev–Trinajstić information content (AvgIpc) is 3.25. The van der Waals surface area contributed by atoms with E-state index >= 15 is 0 Å². The molecule has 136 valence electrons. The first-order valence-corrected chi connectivity index (χ1v) is 9.65. The molecule has 0 bridgehead atoms. The number of fused-ring (bicyclic) bond motifs is 1. The van der Waals surface area contributed by atoms with Crippen LogP contribution in [-0.4, -0.2) is 25.7 Å². The quantitative estimate of drug-likeness (QED) is 0.561. The normalized spacial score (nSPS) is 11.0. The molecule has 2 heterocycles. The van der Waals surface area contributed by atoms with Crippen LogP contribution in [0.4, 0.5) is 5.69 Å². The second-order valence-corrected chi connectivity index (χ2v) is 7.32. The van der Waals surface area contributed by atoms with E-state index in [0.717, 1.165) is 45.4 Å². The van der Waals surface area contributed by atoms with Crippen LogP contribution in [-0.2, 0) is 6.42 Å². The molecule has 2 aromatic carbocycles. The van der Waals surface area contributed by atoms with Crippen molar-refractivity contribution in [3.05, 3.63) is 65.5 Å². The lowest BCUT2D eigenvalue weighted by atomic mass is 10.1. The third-order valence-corrected chi connectivity index (χ3v) is 5.18. The predicted molar refractivity (Wildman–Crippen MR) is 107 cm³/mol. The van der Waals surface area contributed by atoms with Crippen LogP contribution in [0.25, 0.3) is 15.5 Å². The van der Waals surface area contributed by atoms with Crippen molar-refractivity contribution in [3.8, 4) is 10.6 Å². The molecule has 1 amide bonds. The van der Waals surface area contributed by atoms with Crippen LogP contribution in [0.5, 0.6) is 0 Å². The first kappa shape index (κ1) is 17.4. The van der Waals surface area contributed by atoms with Crippen LogP contribution in [0.15, 0.2) is 48.5 Å². The first-order valence-electron chi connectivity index (χ1n) is 8.83. The zero-order valence-electron chi connectivity index (χ0n) is 15.1. The molecule has 0 aliphatic rings. The molecule has 1 N–H and O–H groups in total. The monoisotopic (exact) mass is 377 g/mol. The van der Waals surface area contributed by atoms with Crippen LogP contribution in [0, 0.1) is 6.92 Å².